The van der Waals surface area contributed by atoms with Crippen molar-refractivity contribution in [2.75, 3.05) is 11.9 Å². The standard InChI is InChI=1S/C19H17N3O6S/c23-15(19(27)28)21-16-14(18(25)26)12-5-10(20-6-13(12)29-16)8-22-7-9-3-1-2-4-11(9)17(22)24/h1-4,10,20H,5-8H2,(H,21,23)(H,25,26)(H,27,28). The molecule has 0 bridgehead atoms. The van der Waals surface area contributed by atoms with Crippen LogP contribution in [0.4, 0.5) is 5.00 Å². The number of rotatable bonds is 4. The van der Waals surface area contributed by atoms with Crippen LogP contribution < -0.4 is 10.6 Å². The summed E-state index contributed by atoms with van der Waals surface area (Å²) in [4.78, 5) is 49.1. The minimum absolute atomic E-state index is 0.0157. The van der Waals surface area contributed by atoms with E-state index in [1.165, 1.54) is 0 Å². The van der Waals surface area contributed by atoms with Crippen molar-refractivity contribution in [2.45, 2.75) is 25.6 Å². The molecule has 1 aromatic heterocycles. The number of anilines is 1. The topological polar surface area (TPSA) is 136 Å². The van der Waals surface area contributed by atoms with Crippen molar-refractivity contribution in [3.8, 4) is 0 Å². The molecule has 0 spiro atoms. The molecule has 4 N–H and O–H groups in total. The maximum absolute atomic E-state index is 12.6. The summed E-state index contributed by atoms with van der Waals surface area (Å²) in [5.41, 5.74) is 2.14. The van der Waals surface area contributed by atoms with Crippen molar-refractivity contribution >= 4 is 40.1 Å². The Morgan fingerprint density at radius 1 is 1.24 bits per heavy atom. The first-order valence-electron chi connectivity index (χ1n) is 8.87. The molecule has 9 nitrogen and oxygen atoms in total. The van der Waals surface area contributed by atoms with Crippen LogP contribution in [0.3, 0.4) is 0 Å². The Hall–Kier alpha value is -3.24. The molecular formula is C19H17N3O6S. The highest BCUT2D eigenvalue weighted by Gasteiger charge is 2.33. The third-order valence-corrected chi connectivity index (χ3v) is 6.21. The maximum atomic E-state index is 12.6. The molecule has 150 valence electrons. The molecule has 0 radical (unpaired) electrons. The summed E-state index contributed by atoms with van der Waals surface area (Å²) in [7, 11) is 0. The highest BCUT2D eigenvalue weighted by Crippen LogP contribution is 2.37. The van der Waals surface area contributed by atoms with Gasteiger partial charge in [0, 0.05) is 36.1 Å². The zero-order valence-electron chi connectivity index (χ0n) is 15.1. The van der Waals surface area contributed by atoms with Gasteiger partial charge in [-0.05, 0) is 23.6 Å². The number of carbonyl (C=O) groups excluding carboxylic acids is 2. The summed E-state index contributed by atoms with van der Waals surface area (Å²) in [5.74, 6) is -4.24. The molecule has 1 atom stereocenters. The Labute approximate surface area is 168 Å². The van der Waals surface area contributed by atoms with Gasteiger partial charge in [0.2, 0.25) is 0 Å². The zero-order valence-corrected chi connectivity index (χ0v) is 15.9. The third-order valence-electron chi connectivity index (χ3n) is 5.06. The van der Waals surface area contributed by atoms with Gasteiger partial charge in [-0.1, -0.05) is 18.2 Å². The van der Waals surface area contributed by atoms with Crippen LogP contribution >= 0.6 is 11.3 Å². The number of nitrogens with zero attached hydrogens (tertiary/aromatic N) is 1. The highest BCUT2D eigenvalue weighted by molar-refractivity contribution is 7.17. The number of fused-ring (bicyclic) bond motifs is 2. The normalized spacial score (nSPS) is 17.6. The minimum Gasteiger partial charge on any atom is -0.478 e. The summed E-state index contributed by atoms with van der Waals surface area (Å²) in [6, 6.07) is 7.26. The number of nitrogens with one attached hydrogen (secondary N) is 2. The first kappa shape index (κ1) is 19.1. The molecule has 0 fully saturated rings. The highest BCUT2D eigenvalue weighted by atomic mass is 32.1. The van der Waals surface area contributed by atoms with Crippen LogP contribution in [-0.4, -0.2) is 51.5 Å². The Morgan fingerprint density at radius 2 is 2.00 bits per heavy atom. The molecule has 2 aliphatic rings. The maximum Gasteiger partial charge on any atom is 0.394 e. The number of thiophene rings is 1. The van der Waals surface area contributed by atoms with Crippen LogP contribution in [-0.2, 0) is 29.1 Å². The lowest BCUT2D eigenvalue weighted by atomic mass is 9.97. The fourth-order valence-corrected chi connectivity index (χ4v) is 4.92. The summed E-state index contributed by atoms with van der Waals surface area (Å²) >= 11 is 1.05. The van der Waals surface area contributed by atoms with Gasteiger partial charge in [0.1, 0.15) is 5.00 Å². The number of carbonyl (C=O) groups is 4. The van der Waals surface area contributed by atoms with Crippen LogP contribution in [0.5, 0.6) is 0 Å². The summed E-state index contributed by atoms with van der Waals surface area (Å²) in [5, 5.41) is 23.9. The largest absolute Gasteiger partial charge is 0.478 e. The molecule has 29 heavy (non-hydrogen) atoms. The SMILES string of the molecule is O=C(O)C(=O)Nc1sc2c(c1C(=O)O)CC(CN1Cc3ccccc3C1=O)NC2. The minimum atomic E-state index is -1.68. The van der Waals surface area contributed by atoms with E-state index in [4.69, 9.17) is 5.11 Å². The smallest absolute Gasteiger partial charge is 0.394 e. The number of hydrogen-bond donors (Lipinski definition) is 4. The Kier molecular flexibility index (Phi) is 4.81. The summed E-state index contributed by atoms with van der Waals surface area (Å²) < 4.78 is 0. The number of amides is 2. The fourth-order valence-electron chi connectivity index (χ4n) is 3.75. The molecule has 2 amide bonds. The van der Waals surface area contributed by atoms with Crippen LogP contribution in [0.2, 0.25) is 0 Å². The average Bonchev–Trinajstić information content (AvgIpc) is 3.19. The van der Waals surface area contributed by atoms with E-state index in [1.807, 2.05) is 18.2 Å². The average molecular weight is 415 g/mol. The number of aliphatic carboxylic acids is 1. The number of carboxylic acid groups (broad SMARTS) is 2. The molecule has 4 rings (SSSR count). The summed E-state index contributed by atoms with van der Waals surface area (Å²) in [6.45, 7) is 1.30. The first-order valence-corrected chi connectivity index (χ1v) is 9.69. The van der Waals surface area contributed by atoms with E-state index in [0.717, 1.165) is 21.8 Å². The van der Waals surface area contributed by atoms with Crippen LogP contribution in [0.25, 0.3) is 0 Å². The van der Waals surface area contributed by atoms with E-state index in [0.29, 0.717) is 37.2 Å². The lowest BCUT2D eigenvalue weighted by Crippen LogP contribution is -2.44. The molecule has 2 aliphatic heterocycles. The zero-order chi connectivity index (χ0) is 20.7. The Morgan fingerprint density at radius 3 is 2.69 bits per heavy atom. The van der Waals surface area contributed by atoms with Gasteiger partial charge < -0.3 is 25.7 Å². The van der Waals surface area contributed by atoms with Crippen molar-refractivity contribution in [3.63, 3.8) is 0 Å². The van der Waals surface area contributed by atoms with E-state index in [1.54, 1.807) is 11.0 Å². The van der Waals surface area contributed by atoms with Crippen molar-refractivity contribution in [1.82, 2.24) is 10.2 Å². The summed E-state index contributed by atoms with van der Waals surface area (Å²) in [6.07, 6.45) is 0.358. The fraction of sp³-hybridized carbons (Fsp3) is 0.263. The predicted molar refractivity (Wildman–Crippen MR) is 103 cm³/mol. The van der Waals surface area contributed by atoms with E-state index in [2.05, 4.69) is 10.6 Å². The molecule has 1 unspecified atom stereocenters. The molecule has 10 heteroatoms. The second-order valence-corrected chi connectivity index (χ2v) is 8.00. The number of carboxylic acids is 2. The molecule has 0 saturated carbocycles. The Bertz CT molecular complexity index is 1050. The lowest BCUT2D eigenvalue weighted by Gasteiger charge is -2.28. The number of aromatic carboxylic acids is 1. The van der Waals surface area contributed by atoms with Gasteiger partial charge >= 0.3 is 17.8 Å². The van der Waals surface area contributed by atoms with Crippen LogP contribution in [0, 0.1) is 0 Å². The van der Waals surface area contributed by atoms with Crippen molar-refractivity contribution < 1.29 is 29.4 Å². The van der Waals surface area contributed by atoms with Gasteiger partial charge in [-0.3, -0.25) is 9.59 Å². The molecule has 3 heterocycles. The second-order valence-electron chi connectivity index (χ2n) is 6.90. The van der Waals surface area contributed by atoms with E-state index >= 15 is 0 Å². The number of benzene rings is 1. The van der Waals surface area contributed by atoms with Crippen molar-refractivity contribution in [1.29, 1.82) is 0 Å². The van der Waals surface area contributed by atoms with E-state index in [9.17, 15) is 24.3 Å². The monoisotopic (exact) mass is 415 g/mol. The molecular weight excluding hydrogens is 398 g/mol. The van der Waals surface area contributed by atoms with Gasteiger partial charge in [0.25, 0.3) is 5.91 Å². The number of hydrogen-bond acceptors (Lipinski definition) is 6. The predicted octanol–water partition coefficient (Wildman–Crippen LogP) is 1.14. The van der Waals surface area contributed by atoms with Crippen LogP contribution in [0.1, 0.15) is 36.7 Å². The molecule has 2 aromatic rings. The van der Waals surface area contributed by atoms with Gasteiger partial charge in [0.15, 0.2) is 0 Å². The van der Waals surface area contributed by atoms with Crippen molar-refractivity contribution in [3.05, 3.63) is 51.4 Å². The van der Waals surface area contributed by atoms with Gasteiger partial charge in [-0.15, -0.1) is 11.3 Å². The van der Waals surface area contributed by atoms with Gasteiger partial charge in [0.05, 0.1) is 5.56 Å². The van der Waals surface area contributed by atoms with Crippen molar-refractivity contribution in [2.24, 2.45) is 0 Å². The third kappa shape index (κ3) is 3.47. The van der Waals surface area contributed by atoms with Gasteiger partial charge in [-0.2, -0.15) is 0 Å². The Balaban J connectivity index is 1.53. The molecule has 0 aliphatic carbocycles. The quantitative estimate of drug-likeness (QED) is 0.550. The van der Waals surface area contributed by atoms with E-state index in [-0.39, 0.29) is 22.5 Å². The lowest BCUT2D eigenvalue weighted by molar-refractivity contribution is -0.147. The van der Waals surface area contributed by atoms with E-state index < -0.39 is 17.8 Å². The van der Waals surface area contributed by atoms with Crippen LogP contribution in [0.15, 0.2) is 24.3 Å². The molecule has 0 saturated heterocycles. The first-order chi connectivity index (χ1) is 13.8. The second kappa shape index (κ2) is 7.30. The molecule has 1 aromatic carbocycles. The van der Waals surface area contributed by atoms with Gasteiger partial charge in [-0.25, -0.2) is 9.59 Å².